The maximum atomic E-state index is 13.3. The van der Waals surface area contributed by atoms with Gasteiger partial charge in [0.1, 0.15) is 5.82 Å². The van der Waals surface area contributed by atoms with E-state index in [0.29, 0.717) is 37.4 Å². The third-order valence-corrected chi connectivity index (χ3v) is 8.13. The number of hydrogen-bond acceptors (Lipinski definition) is 4. The van der Waals surface area contributed by atoms with Gasteiger partial charge in [-0.15, -0.1) is 0 Å². The van der Waals surface area contributed by atoms with Crippen LogP contribution in [-0.2, 0) is 47.8 Å². The fourth-order valence-electron chi connectivity index (χ4n) is 4.05. The third kappa shape index (κ3) is 3.71. The first-order valence-electron chi connectivity index (χ1n) is 10.3. The first kappa shape index (κ1) is 20.1. The summed E-state index contributed by atoms with van der Waals surface area (Å²) in [6.07, 6.45) is 4.31. The number of nitrogens with one attached hydrogen (secondary N) is 1. The summed E-state index contributed by atoms with van der Waals surface area (Å²) < 4.78 is 30.0. The summed E-state index contributed by atoms with van der Waals surface area (Å²) in [6.45, 7) is 3.06. The van der Waals surface area contributed by atoms with Crippen LogP contribution in [-0.4, -0.2) is 34.7 Å². The second kappa shape index (κ2) is 7.91. The molecular formula is C21H28N4O3S. The van der Waals surface area contributed by atoms with Gasteiger partial charge in [0.25, 0.3) is 0 Å². The molecule has 8 heteroatoms. The molecule has 7 nitrogen and oxygen atoms in total. The van der Waals surface area contributed by atoms with E-state index < -0.39 is 10.0 Å². The van der Waals surface area contributed by atoms with Gasteiger partial charge >= 0.3 is 0 Å². The van der Waals surface area contributed by atoms with Crippen LogP contribution in [0.15, 0.2) is 29.2 Å². The van der Waals surface area contributed by atoms with Gasteiger partial charge in [0, 0.05) is 25.9 Å². The van der Waals surface area contributed by atoms with Crippen molar-refractivity contribution in [2.45, 2.75) is 57.0 Å². The molecule has 0 radical (unpaired) electrons. The monoisotopic (exact) mass is 416 g/mol. The standard InChI is InChI=1S/C21H28N4O3S/c1-3-15-7-4-5-10-19(15)29(27,28)25-12-11-17-18(14-25)24(2)20(23-17)13-22-21(26)16-8-6-9-16/h4-5,7,10,16H,3,6,8-9,11-14H2,1-2H3,(H,22,26). The lowest BCUT2D eigenvalue weighted by Gasteiger charge is -2.27. The number of aryl methyl sites for hydroxylation is 1. The number of aromatic nitrogens is 2. The Bertz CT molecular complexity index is 1020. The van der Waals surface area contributed by atoms with Crippen LogP contribution in [0.4, 0.5) is 0 Å². The molecule has 29 heavy (non-hydrogen) atoms. The van der Waals surface area contributed by atoms with Gasteiger partial charge in [-0.2, -0.15) is 4.31 Å². The molecule has 1 aromatic heterocycles. The van der Waals surface area contributed by atoms with Crippen molar-refractivity contribution in [3.05, 3.63) is 47.0 Å². The van der Waals surface area contributed by atoms with Gasteiger partial charge < -0.3 is 9.88 Å². The zero-order valence-corrected chi connectivity index (χ0v) is 17.8. The predicted molar refractivity (Wildman–Crippen MR) is 110 cm³/mol. The second-order valence-corrected chi connectivity index (χ2v) is 9.78. The van der Waals surface area contributed by atoms with Crippen LogP contribution in [0.5, 0.6) is 0 Å². The number of sulfonamides is 1. The summed E-state index contributed by atoms with van der Waals surface area (Å²) in [4.78, 5) is 17.2. The van der Waals surface area contributed by atoms with Gasteiger partial charge in [-0.3, -0.25) is 4.79 Å². The van der Waals surface area contributed by atoms with Crippen LogP contribution in [0.2, 0.25) is 0 Å². The molecular weight excluding hydrogens is 388 g/mol. The highest BCUT2D eigenvalue weighted by Gasteiger charge is 2.32. The molecule has 1 fully saturated rings. The van der Waals surface area contributed by atoms with Gasteiger partial charge in [-0.1, -0.05) is 31.5 Å². The molecule has 4 rings (SSSR count). The second-order valence-electron chi connectivity index (χ2n) is 7.88. The molecule has 1 N–H and O–H groups in total. The lowest BCUT2D eigenvalue weighted by atomic mass is 9.85. The van der Waals surface area contributed by atoms with Crippen LogP contribution in [0.3, 0.4) is 0 Å². The van der Waals surface area contributed by atoms with Crippen molar-refractivity contribution in [1.29, 1.82) is 0 Å². The SMILES string of the molecule is CCc1ccccc1S(=O)(=O)N1CCc2nc(CNC(=O)C3CCC3)n(C)c2C1. The Balaban J connectivity index is 1.52. The van der Waals surface area contributed by atoms with Gasteiger partial charge in [0.15, 0.2) is 0 Å². The summed E-state index contributed by atoms with van der Waals surface area (Å²) >= 11 is 0. The normalized spacial score (nSPS) is 17.6. The van der Waals surface area contributed by atoms with E-state index in [1.807, 2.05) is 30.7 Å². The average Bonchev–Trinajstić information content (AvgIpc) is 3.00. The van der Waals surface area contributed by atoms with E-state index in [-0.39, 0.29) is 11.8 Å². The minimum absolute atomic E-state index is 0.0950. The minimum atomic E-state index is -3.57. The zero-order valence-electron chi connectivity index (χ0n) is 17.0. The van der Waals surface area contributed by atoms with Crippen molar-refractivity contribution in [3.8, 4) is 0 Å². The quantitative estimate of drug-likeness (QED) is 0.782. The maximum Gasteiger partial charge on any atom is 0.243 e. The Kier molecular flexibility index (Phi) is 5.48. The van der Waals surface area contributed by atoms with E-state index >= 15 is 0 Å². The summed E-state index contributed by atoms with van der Waals surface area (Å²) in [6, 6.07) is 7.20. The molecule has 1 aliphatic carbocycles. The van der Waals surface area contributed by atoms with Gasteiger partial charge in [-0.05, 0) is 30.9 Å². The van der Waals surface area contributed by atoms with Crippen LogP contribution in [0.1, 0.15) is 49.0 Å². The van der Waals surface area contributed by atoms with Crippen molar-refractivity contribution in [1.82, 2.24) is 19.2 Å². The Hall–Kier alpha value is -2.19. The van der Waals surface area contributed by atoms with Crippen molar-refractivity contribution < 1.29 is 13.2 Å². The van der Waals surface area contributed by atoms with Gasteiger partial charge in [-0.25, -0.2) is 13.4 Å². The van der Waals surface area contributed by atoms with E-state index in [1.54, 1.807) is 16.4 Å². The van der Waals surface area contributed by atoms with Crippen LogP contribution < -0.4 is 5.32 Å². The largest absolute Gasteiger partial charge is 0.349 e. The van der Waals surface area contributed by atoms with E-state index in [2.05, 4.69) is 10.3 Å². The number of carbonyl (C=O) groups is 1. The lowest BCUT2D eigenvalue weighted by Crippen LogP contribution is -2.37. The first-order chi connectivity index (χ1) is 13.9. The molecule has 2 aliphatic rings. The lowest BCUT2D eigenvalue weighted by molar-refractivity contribution is -0.127. The summed E-state index contributed by atoms with van der Waals surface area (Å²) in [5, 5.41) is 2.98. The Morgan fingerprint density at radius 3 is 2.72 bits per heavy atom. The fraction of sp³-hybridized carbons (Fsp3) is 0.524. The number of carbonyl (C=O) groups excluding carboxylic acids is 1. The van der Waals surface area contributed by atoms with Crippen molar-refractivity contribution >= 4 is 15.9 Å². The summed E-state index contributed by atoms with van der Waals surface area (Å²) in [5.74, 6) is 1.01. The summed E-state index contributed by atoms with van der Waals surface area (Å²) in [5.41, 5.74) is 2.67. The molecule has 156 valence electrons. The molecule has 0 atom stereocenters. The zero-order chi connectivity index (χ0) is 20.6. The number of fused-ring (bicyclic) bond motifs is 1. The van der Waals surface area contributed by atoms with Crippen LogP contribution in [0, 0.1) is 5.92 Å². The first-order valence-corrected chi connectivity index (χ1v) is 11.7. The molecule has 0 unspecified atom stereocenters. The molecule has 2 aromatic rings. The number of amides is 1. The number of nitrogens with zero attached hydrogens (tertiary/aromatic N) is 3. The number of rotatable bonds is 6. The Morgan fingerprint density at radius 2 is 2.03 bits per heavy atom. The van der Waals surface area contributed by atoms with Crippen molar-refractivity contribution in [2.24, 2.45) is 13.0 Å². The molecule has 1 aromatic carbocycles. The highest BCUT2D eigenvalue weighted by molar-refractivity contribution is 7.89. The number of hydrogen-bond donors (Lipinski definition) is 1. The van der Waals surface area contributed by atoms with Gasteiger partial charge in [0.2, 0.25) is 15.9 Å². The average molecular weight is 417 g/mol. The molecule has 0 spiro atoms. The highest BCUT2D eigenvalue weighted by atomic mass is 32.2. The Morgan fingerprint density at radius 1 is 1.28 bits per heavy atom. The molecule has 0 saturated heterocycles. The fourth-order valence-corrected chi connectivity index (χ4v) is 5.75. The highest BCUT2D eigenvalue weighted by Crippen LogP contribution is 2.28. The van der Waals surface area contributed by atoms with Gasteiger partial charge in [0.05, 0.1) is 29.4 Å². The molecule has 2 heterocycles. The molecule has 1 saturated carbocycles. The Labute approximate surface area is 172 Å². The third-order valence-electron chi connectivity index (χ3n) is 6.18. The van der Waals surface area contributed by atoms with Crippen LogP contribution in [0.25, 0.3) is 0 Å². The van der Waals surface area contributed by atoms with Crippen LogP contribution >= 0.6 is 0 Å². The smallest absolute Gasteiger partial charge is 0.243 e. The number of imidazole rings is 1. The topological polar surface area (TPSA) is 84.3 Å². The summed E-state index contributed by atoms with van der Waals surface area (Å²) in [7, 11) is -1.67. The minimum Gasteiger partial charge on any atom is -0.349 e. The molecule has 1 aliphatic heterocycles. The van der Waals surface area contributed by atoms with E-state index in [0.717, 1.165) is 42.0 Å². The van der Waals surface area contributed by atoms with E-state index in [1.165, 1.54) is 0 Å². The van der Waals surface area contributed by atoms with Crippen molar-refractivity contribution in [2.75, 3.05) is 6.54 Å². The molecule has 1 amide bonds. The molecule has 0 bridgehead atoms. The number of benzene rings is 1. The van der Waals surface area contributed by atoms with E-state index in [4.69, 9.17) is 0 Å². The maximum absolute atomic E-state index is 13.3. The van der Waals surface area contributed by atoms with E-state index in [9.17, 15) is 13.2 Å². The van der Waals surface area contributed by atoms with Crippen molar-refractivity contribution in [3.63, 3.8) is 0 Å². The predicted octanol–water partition coefficient (Wildman–Crippen LogP) is 2.15.